The number of nitro groups is 1. The van der Waals surface area contributed by atoms with E-state index in [-0.39, 0.29) is 24.6 Å². The van der Waals surface area contributed by atoms with Crippen LogP contribution in [-0.2, 0) is 11.2 Å². The van der Waals surface area contributed by atoms with Crippen molar-refractivity contribution >= 4 is 11.6 Å². The Balaban J connectivity index is 2.62. The third-order valence-electron chi connectivity index (χ3n) is 2.82. The van der Waals surface area contributed by atoms with E-state index in [1.54, 1.807) is 17.0 Å². The van der Waals surface area contributed by atoms with Gasteiger partial charge in [0.15, 0.2) is 0 Å². The molecule has 0 aliphatic heterocycles. The lowest BCUT2D eigenvalue weighted by atomic mass is 10.1. The lowest BCUT2D eigenvalue weighted by Crippen LogP contribution is -2.33. The van der Waals surface area contributed by atoms with Crippen LogP contribution in [0.2, 0.25) is 0 Å². The Hall–Kier alpha value is -1.95. The molecule has 0 aromatic heterocycles. The summed E-state index contributed by atoms with van der Waals surface area (Å²) in [6.45, 7) is 3.05. The van der Waals surface area contributed by atoms with Crippen LogP contribution in [-0.4, -0.2) is 40.5 Å². The van der Waals surface area contributed by atoms with Crippen molar-refractivity contribution in [2.75, 3.05) is 19.7 Å². The molecule has 0 aliphatic carbocycles. The van der Waals surface area contributed by atoms with E-state index in [2.05, 4.69) is 0 Å². The maximum absolute atomic E-state index is 12.0. The average molecular weight is 266 g/mol. The number of benzene rings is 1. The molecule has 6 heteroatoms. The molecule has 1 rings (SSSR count). The number of nitro benzene ring substituents is 1. The van der Waals surface area contributed by atoms with Crippen molar-refractivity contribution in [1.82, 2.24) is 4.90 Å². The van der Waals surface area contributed by atoms with E-state index in [0.717, 1.165) is 5.56 Å². The van der Waals surface area contributed by atoms with E-state index in [1.165, 1.54) is 12.1 Å². The number of rotatable bonds is 7. The van der Waals surface area contributed by atoms with E-state index < -0.39 is 4.92 Å². The fourth-order valence-electron chi connectivity index (χ4n) is 1.74. The minimum Gasteiger partial charge on any atom is -0.396 e. The molecule has 0 unspecified atom stereocenters. The van der Waals surface area contributed by atoms with Gasteiger partial charge < -0.3 is 10.0 Å². The Morgan fingerprint density at radius 2 is 2.00 bits per heavy atom. The van der Waals surface area contributed by atoms with Gasteiger partial charge in [-0.05, 0) is 18.9 Å². The van der Waals surface area contributed by atoms with Gasteiger partial charge in [-0.1, -0.05) is 12.1 Å². The van der Waals surface area contributed by atoms with Gasteiger partial charge in [0, 0.05) is 31.8 Å². The standard InChI is InChI=1S/C13H18N2O4/c1-2-14(8-3-9-16)13(17)10-11-4-6-12(7-5-11)15(18)19/h4-7,16H,2-3,8-10H2,1H3. The summed E-state index contributed by atoms with van der Waals surface area (Å²) in [5, 5.41) is 19.3. The summed E-state index contributed by atoms with van der Waals surface area (Å²) in [7, 11) is 0. The normalized spacial score (nSPS) is 10.2. The minimum absolute atomic E-state index is 0.0174. The van der Waals surface area contributed by atoms with Gasteiger partial charge in [-0.15, -0.1) is 0 Å². The van der Waals surface area contributed by atoms with Gasteiger partial charge in [0.05, 0.1) is 11.3 Å². The van der Waals surface area contributed by atoms with Gasteiger partial charge >= 0.3 is 0 Å². The summed E-state index contributed by atoms with van der Waals surface area (Å²) in [5.41, 5.74) is 0.766. The van der Waals surface area contributed by atoms with Crippen LogP contribution in [0.5, 0.6) is 0 Å². The Kier molecular flexibility index (Phi) is 5.95. The first kappa shape index (κ1) is 15.1. The molecule has 1 aromatic rings. The molecule has 0 spiro atoms. The van der Waals surface area contributed by atoms with Crippen LogP contribution in [0, 0.1) is 10.1 Å². The van der Waals surface area contributed by atoms with Crippen molar-refractivity contribution in [3.63, 3.8) is 0 Å². The van der Waals surface area contributed by atoms with Crippen molar-refractivity contribution in [3.8, 4) is 0 Å². The van der Waals surface area contributed by atoms with Crippen molar-refractivity contribution in [3.05, 3.63) is 39.9 Å². The van der Waals surface area contributed by atoms with Crippen molar-refractivity contribution in [1.29, 1.82) is 0 Å². The highest BCUT2D eigenvalue weighted by Gasteiger charge is 2.12. The fraction of sp³-hybridized carbons (Fsp3) is 0.462. The highest BCUT2D eigenvalue weighted by atomic mass is 16.6. The van der Waals surface area contributed by atoms with E-state index in [0.29, 0.717) is 19.5 Å². The number of hydrogen-bond donors (Lipinski definition) is 1. The Labute approximate surface area is 111 Å². The summed E-state index contributed by atoms with van der Waals surface area (Å²) in [6, 6.07) is 5.98. The first-order valence-corrected chi connectivity index (χ1v) is 6.20. The number of hydrogen-bond acceptors (Lipinski definition) is 4. The number of aliphatic hydroxyl groups excluding tert-OH is 1. The summed E-state index contributed by atoms with van der Waals surface area (Å²) >= 11 is 0. The molecular weight excluding hydrogens is 248 g/mol. The quantitative estimate of drug-likeness (QED) is 0.596. The lowest BCUT2D eigenvalue weighted by Gasteiger charge is -2.20. The summed E-state index contributed by atoms with van der Waals surface area (Å²) in [4.78, 5) is 23.7. The number of likely N-dealkylation sites (N-methyl/N-ethyl adjacent to an activating group) is 1. The molecule has 0 fully saturated rings. The van der Waals surface area contributed by atoms with E-state index in [9.17, 15) is 14.9 Å². The summed E-state index contributed by atoms with van der Waals surface area (Å²) in [6.07, 6.45) is 0.775. The largest absolute Gasteiger partial charge is 0.396 e. The number of amides is 1. The molecule has 104 valence electrons. The maximum atomic E-state index is 12.0. The second kappa shape index (κ2) is 7.48. The summed E-state index contributed by atoms with van der Waals surface area (Å²) in [5.74, 6) is -0.0372. The number of carbonyl (C=O) groups is 1. The van der Waals surface area contributed by atoms with Crippen LogP contribution in [0.3, 0.4) is 0 Å². The number of nitrogens with zero attached hydrogens (tertiary/aromatic N) is 2. The molecule has 1 aromatic carbocycles. The zero-order chi connectivity index (χ0) is 14.3. The first-order valence-electron chi connectivity index (χ1n) is 6.20. The van der Waals surface area contributed by atoms with E-state index >= 15 is 0 Å². The van der Waals surface area contributed by atoms with Gasteiger partial charge in [0.1, 0.15) is 0 Å². The average Bonchev–Trinajstić information content (AvgIpc) is 2.40. The zero-order valence-corrected chi connectivity index (χ0v) is 10.9. The smallest absolute Gasteiger partial charge is 0.269 e. The Morgan fingerprint density at radius 1 is 1.37 bits per heavy atom. The third kappa shape index (κ3) is 4.67. The molecular formula is C13H18N2O4. The molecule has 1 amide bonds. The van der Waals surface area contributed by atoms with Crippen molar-refractivity contribution in [2.24, 2.45) is 0 Å². The highest BCUT2D eigenvalue weighted by Crippen LogP contribution is 2.13. The molecule has 19 heavy (non-hydrogen) atoms. The molecule has 6 nitrogen and oxygen atoms in total. The molecule has 1 N–H and O–H groups in total. The topological polar surface area (TPSA) is 83.7 Å². The van der Waals surface area contributed by atoms with Gasteiger partial charge in [-0.25, -0.2) is 0 Å². The van der Waals surface area contributed by atoms with Crippen molar-refractivity contribution in [2.45, 2.75) is 19.8 Å². The second-order valence-corrected chi connectivity index (χ2v) is 4.15. The SMILES string of the molecule is CCN(CCCO)C(=O)Cc1ccc([N+](=O)[O-])cc1. The molecule has 0 atom stereocenters. The lowest BCUT2D eigenvalue weighted by molar-refractivity contribution is -0.384. The van der Waals surface area contributed by atoms with Crippen LogP contribution in [0.25, 0.3) is 0 Å². The highest BCUT2D eigenvalue weighted by molar-refractivity contribution is 5.78. The predicted octanol–water partition coefficient (Wildman–Crippen LogP) is 1.37. The number of aliphatic hydroxyl groups is 1. The van der Waals surface area contributed by atoms with Crippen LogP contribution < -0.4 is 0 Å². The number of non-ortho nitro benzene ring substituents is 1. The van der Waals surface area contributed by atoms with Crippen LogP contribution in [0.15, 0.2) is 24.3 Å². The van der Waals surface area contributed by atoms with E-state index in [4.69, 9.17) is 5.11 Å². The molecule has 0 heterocycles. The molecule has 0 radical (unpaired) electrons. The van der Waals surface area contributed by atoms with Gasteiger partial charge in [0.2, 0.25) is 5.91 Å². The monoisotopic (exact) mass is 266 g/mol. The Morgan fingerprint density at radius 3 is 2.47 bits per heavy atom. The molecule has 0 bridgehead atoms. The maximum Gasteiger partial charge on any atom is 0.269 e. The molecule has 0 aliphatic rings. The second-order valence-electron chi connectivity index (χ2n) is 4.15. The fourth-order valence-corrected chi connectivity index (χ4v) is 1.74. The molecule has 0 saturated heterocycles. The molecule has 0 saturated carbocycles. The minimum atomic E-state index is -0.467. The van der Waals surface area contributed by atoms with Crippen molar-refractivity contribution < 1.29 is 14.8 Å². The van der Waals surface area contributed by atoms with Gasteiger partial charge in [-0.2, -0.15) is 0 Å². The van der Waals surface area contributed by atoms with Crippen LogP contribution in [0.4, 0.5) is 5.69 Å². The van der Waals surface area contributed by atoms with Crippen LogP contribution >= 0.6 is 0 Å². The van der Waals surface area contributed by atoms with Crippen LogP contribution in [0.1, 0.15) is 18.9 Å². The van der Waals surface area contributed by atoms with E-state index in [1.807, 2.05) is 6.92 Å². The zero-order valence-electron chi connectivity index (χ0n) is 10.9. The summed E-state index contributed by atoms with van der Waals surface area (Å²) < 4.78 is 0. The van der Waals surface area contributed by atoms with Gasteiger partial charge in [-0.3, -0.25) is 14.9 Å². The first-order chi connectivity index (χ1) is 9.08. The Bertz CT molecular complexity index is 431. The number of carbonyl (C=O) groups excluding carboxylic acids is 1. The third-order valence-corrected chi connectivity index (χ3v) is 2.82. The van der Waals surface area contributed by atoms with Gasteiger partial charge in [0.25, 0.3) is 5.69 Å². The predicted molar refractivity (Wildman–Crippen MR) is 70.8 cm³/mol.